The Labute approximate surface area is 130 Å². The molecule has 1 unspecified atom stereocenters. The highest BCUT2D eigenvalue weighted by Gasteiger charge is 2.22. The standard InChI is InChI=1S/C16H21N5O/c1-20-9-5-13(11-20)10-15(22)19-14-4-2-8-21(12-14)16-17-6-3-7-18-16/h3,5-7,9,11,14H,2,4,8,10,12H2,1H3,(H,19,22). The van der Waals surface area contributed by atoms with Crippen LogP contribution in [0.15, 0.2) is 36.9 Å². The molecule has 0 bridgehead atoms. The highest BCUT2D eigenvalue weighted by atomic mass is 16.1. The summed E-state index contributed by atoms with van der Waals surface area (Å²) in [6.07, 6.45) is 9.90. The minimum Gasteiger partial charge on any atom is -0.357 e. The van der Waals surface area contributed by atoms with E-state index < -0.39 is 0 Å². The third kappa shape index (κ3) is 3.63. The second kappa shape index (κ2) is 6.60. The van der Waals surface area contributed by atoms with Crippen LogP contribution >= 0.6 is 0 Å². The van der Waals surface area contributed by atoms with E-state index in [0.29, 0.717) is 6.42 Å². The molecular formula is C16H21N5O. The van der Waals surface area contributed by atoms with E-state index in [1.807, 2.05) is 36.1 Å². The lowest BCUT2D eigenvalue weighted by Gasteiger charge is -2.33. The summed E-state index contributed by atoms with van der Waals surface area (Å²) >= 11 is 0. The molecule has 3 heterocycles. The van der Waals surface area contributed by atoms with E-state index in [1.54, 1.807) is 12.4 Å². The first-order chi connectivity index (χ1) is 10.7. The van der Waals surface area contributed by atoms with Gasteiger partial charge in [-0.3, -0.25) is 4.79 Å². The molecule has 2 aromatic heterocycles. The minimum absolute atomic E-state index is 0.0760. The average molecular weight is 299 g/mol. The SMILES string of the molecule is Cn1ccc(CC(=O)NC2CCCN(c3ncccn3)C2)c1. The number of aryl methyl sites for hydroxylation is 1. The molecule has 0 spiro atoms. The van der Waals surface area contributed by atoms with Gasteiger partial charge in [0.25, 0.3) is 0 Å². The van der Waals surface area contributed by atoms with Crippen molar-refractivity contribution in [3.63, 3.8) is 0 Å². The number of rotatable bonds is 4. The van der Waals surface area contributed by atoms with Gasteiger partial charge in [-0.15, -0.1) is 0 Å². The van der Waals surface area contributed by atoms with Crippen molar-refractivity contribution in [1.29, 1.82) is 0 Å². The Morgan fingerprint density at radius 1 is 1.41 bits per heavy atom. The zero-order valence-electron chi connectivity index (χ0n) is 12.8. The van der Waals surface area contributed by atoms with Crippen molar-refractivity contribution in [2.45, 2.75) is 25.3 Å². The van der Waals surface area contributed by atoms with Crippen molar-refractivity contribution < 1.29 is 4.79 Å². The predicted octanol–water partition coefficient (Wildman–Crippen LogP) is 1.14. The predicted molar refractivity (Wildman–Crippen MR) is 84.5 cm³/mol. The Kier molecular flexibility index (Phi) is 4.37. The van der Waals surface area contributed by atoms with Gasteiger partial charge in [0, 0.05) is 51.0 Å². The number of carbonyl (C=O) groups excluding carboxylic acids is 1. The second-order valence-corrected chi connectivity index (χ2v) is 5.76. The first-order valence-electron chi connectivity index (χ1n) is 7.63. The number of piperidine rings is 1. The molecule has 1 fully saturated rings. The molecule has 0 aliphatic carbocycles. The summed E-state index contributed by atoms with van der Waals surface area (Å²) < 4.78 is 1.96. The van der Waals surface area contributed by atoms with Gasteiger partial charge in [0.05, 0.1) is 6.42 Å². The lowest BCUT2D eigenvalue weighted by molar-refractivity contribution is -0.121. The normalized spacial score (nSPS) is 18.2. The lowest BCUT2D eigenvalue weighted by Crippen LogP contribution is -2.48. The van der Waals surface area contributed by atoms with E-state index in [4.69, 9.17) is 0 Å². The monoisotopic (exact) mass is 299 g/mol. The van der Waals surface area contributed by atoms with Crippen LogP contribution in [0.5, 0.6) is 0 Å². The van der Waals surface area contributed by atoms with Gasteiger partial charge in [0.2, 0.25) is 11.9 Å². The highest BCUT2D eigenvalue weighted by molar-refractivity contribution is 5.78. The van der Waals surface area contributed by atoms with Crippen LogP contribution in [0, 0.1) is 0 Å². The maximum Gasteiger partial charge on any atom is 0.225 e. The molecule has 0 radical (unpaired) electrons. The summed E-state index contributed by atoms with van der Waals surface area (Å²) in [5, 5.41) is 3.13. The molecule has 1 amide bonds. The second-order valence-electron chi connectivity index (χ2n) is 5.76. The molecule has 2 aromatic rings. The zero-order chi connectivity index (χ0) is 15.4. The molecule has 1 aliphatic heterocycles. The number of anilines is 1. The smallest absolute Gasteiger partial charge is 0.225 e. The Bertz CT molecular complexity index is 624. The molecule has 1 saturated heterocycles. The number of amides is 1. The van der Waals surface area contributed by atoms with Gasteiger partial charge in [0.1, 0.15) is 0 Å². The Morgan fingerprint density at radius 3 is 2.95 bits per heavy atom. The maximum absolute atomic E-state index is 12.2. The fraction of sp³-hybridized carbons (Fsp3) is 0.438. The van der Waals surface area contributed by atoms with Gasteiger partial charge < -0.3 is 14.8 Å². The number of carbonyl (C=O) groups is 1. The van der Waals surface area contributed by atoms with E-state index in [9.17, 15) is 4.79 Å². The Balaban J connectivity index is 1.55. The maximum atomic E-state index is 12.2. The third-order valence-corrected chi connectivity index (χ3v) is 3.88. The van der Waals surface area contributed by atoms with E-state index in [2.05, 4.69) is 20.2 Å². The van der Waals surface area contributed by atoms with Gasteiger partial charge in [-0.2, -0.15) is 0 Å². The zero-order valence-corrected chi connectivity index (χ0v) is 12.8. The molecule has 6 heteroatoms. The Hall–Kier alpha value is -2.37. The van der Waals surface area contributed by atoms with E-state index in [1.165, 1.54) is 0 Å². The molecule has 3 rings (SSSR count). The number of hydrogen-bond acceptors (Lipinski definition) is 4. The van der Waals surface area contributed by atoms with E-state index >= 15 is 0 Å². The van der Waals surface area contributed by atoms with E-state index in [0.717, 1.165) is 37.4 Å². The summed E-state index contributed by atoms with van der Waals surface area (Å²) in [4.78, 5) is 22.9. The van der Waals surface area contributed by atoms with Gasteiger partial charge in [-0.25, -0.2) is 9.97 Å². The molecule has 1 N–H and O–H groups in total. The molecule has 0 saturated carbocycles. The first-order valence-corrected chi connectivity index (χ1v) is 7.63. The third-order valence-electron chi connectivity index (χ3n) is 3.88. The molecule has 116 valence electrons. The Morgan fingerprint density at radius 2 is 2.23 bits per heavy atom. The summed E-state index contributed by atoms with van der Waals surface area (Å²) in [5.41, 5.74) is 1.04. The van der Waals surface area contributed by atoms with Crippen molar-refractivity contribution in [3.05, 3.63) is 42.5 Å². The number of aromatic nitrogens is 3. The fourth-order valence-electron chi connectivity index (χ4n) is 2.86. The number of nitrogens with zero attached hydrogens (tertiary/aromatic N) is 4. The lowest BCUT2D eigenvalue weighted by atomic mass is 10.1. The molecular weight excluding hydrogens is 278 g/mol. The van der Waals surface area contributed by atoms with Crippen LogP contribution in [-0.2, 0) is 18.3 Å². The van der Waals surface area contributed by atoms with Crippen molar-refractivity contribution in [2.24, 2.45) is 7.05 Å². The van der Waals surface area contributed by atoms with Crippen LogP contribution in [0.4, 0.5) is 5.95 Å². The average Bonchev–Trinajstić information content (AvgIpc) is 2.93. The first kappa shape index (κ1) is 14.6. The van der Waals surface area contributed by atoms with Crippen molar-refractivity contribution >= 4 is 11.9 Å². The minimum atomic E-state index is 0.0760. The molecule has 22 heavy (non-hydrogen) atoms. The highest BCUT2D eigenvalue weighted by Crippen LogP contribution is 2.15. The van der Waals surface area contributed by atoms with Crippen molar-refractivity contribution in [1.82, 2.24) is 19.9 Å². The fourth-order valence-corrected chi connectivity index (χ4v) is 2.86. The summed E-state index contributed by atoms with van der Waals surface area (Å²) in [6, 6.07) is 3.95. The van der Waals surface area contributed by atoms with Gasteiger partial charge in [-0.05, 0) is 30.5 Å². The molecule has 1 aliphatic rings. The van der Waals surface area contributed by atoms with Crippen molar-refractivity contribution in [2.75, 3.05) is 18.0 Å². The van der Waals surface area contributed by atoms with E-state index in [-0.39, 0.29) is 11.9 Å². The van der Waals surface area contributed by atoms with Crippen LogP contribution < -0.4 is 10.2 Å². The van der Waals surface area contributed by atoms with Crippen molar-refractivity contribution in [3.8, 4) is 0 Å². The molecule has 0 aromatic carbocycles. The summed E-state index contributed by atoms with van der Waals surface area (Å²) in [5.74, 6) is 0.816. The van der Waals surface area contributed by atoms with Crippen LogP contribution in [0.25, 0.3) is 0 Å². The molecule has 1 atom stereocenters. The topological polar surface area (TPSA) is 63.1 Å². The molecule has 6 nitrogen and oxygen atoms in total. The van der Waals surface area contributed by atoms with Crippen LogP contribution in [0.1, 0.15) is 18.4 Å². The summed E-state index contributed by atoms with van der Waals surface area (Å²) in [6.45, 7) is 1.71. The van der Waals surface area contributed by atoms with Crippen LogP contribution in [0.2, 0.25) is 0 Å². The summed E-state index contributed by atoms with van der Waals surface area (Å²) in [7, 11) is 1.96. The van der Waals surface area contributed by atoms with Gasteiger partial charge in [-0.1, -0.05) is 0 Å². The number of nitrogens with one attached hydrogen (secondary N) is 1. The largest absolute Gasteiger partial charge is 0.357 e. The quantitative estimate of drug-likeness (QED) is 0.919. The number of hydrogen-bond donors (Lipinski definition) is 1. The van der Waals surface area contributed by atoms with Crippen LogP contribution in [-0.4, -0.2) is 39.6 Å². The van der Waals surface area contributed by atoms with Crippen LogP contribution in [0.3, 0.4) is 0 Å². The van der Waals surface area contributed by atoms with Gasteiger partial charge >= 0.3 is 0 Å². The van der Waals surface area contributed by atoms with Gasteiger partial charge in [0.15, 0.2) is 0 Å².